The van der Waals surface area contributed by atoms with Gasteiger partial charge in [0.15, 0.2) is 0 Å². The molecular formula is C40H60Br2N2O6. The lowest BCUT2D eigenvalue weighted by molar-refractivity contribution is -0.968. The predicted octanol–water partition coefficient (Wildman–Crippen LogP) is -0.284. The maximum absolute atomic E-state index is 12.6. The predicted molar refractivity (Wildman–Crippen MR) is 187 cm³/mol. The molecule has 50 heavy (non-hydrogen) atoms. The number of esters is 2. The van der Waals surface area contributed by atoms with E-state index in [9.17, 15) is 19.8 Å². The van der Waals surface area contributed by atoms with Gasteiger partial charge < -0.3 is 62.6 Å². The summed E-state index contributed by atoms with van der Waals surface area (Å²) in [5, 5.41) is 19.3. The van der Waals surface area contributed by atoms with E-state index in [0.717, 1.165) is 45.8 Å². The molecule has 6 unspecified atom stereocenters. The van der Waals surface area contributed by atoms with Crippen LogP contribution in [0.4, 0.5) is 0 Å². The number of aliphatic hydroxyl groups excluding tert-OH is 2. The first kappa shape index (κ1) is 42.6. The van der Waals surface area contributed by atoms with Crippen molar-refractivity contribution in [2.24, 2.45) is 0 Å². The number of carbonyl (C=O) groups is 2. The van der Waals surface area contributed by atoms with Gasteiger partial charge in [-0.3, -0.25) is 9.59 Å². The number of ether oxygens (including phenoxy) is 2. The molecule has 0 aliphatic carbocycles. The Bertz CT molecular complexity index is 1230. The summed E-state index contributed by atoms with van der Waals surface area (Å²) in [7, 11) is 4.73. The Balaban J connectivity index is 0.000000260. The highest BCUT2D eigenvalue weighted by Gasteiger charge is 2.55. The number of piperidine rings is 2. The topological polar surface area (TPSA) is 93.1 Å². The molecule has 0 saturated carbocycles. The standard InChI is InChI=1S/2C20H30NO3.2BrH/c2*1-14(2)21(3)16-9-10-17(21)12-18(11-16)24-20(23)19(13-22)15-7-5-4-6-8-15;;/h2*4-8,14,16-19,22H,9-13H2,1-3H3;2*1H/q2*+1;;/p-2/t2*16-,17+,18?,19?,21?;;. The molecule has 4 saturated heterocycles. The Morgan fingerprint density at radius 2 is 0.880 bits per heavy atom. The molecule has 4 fully saturated rings. The van der Waals surface area contributed by atoms with Crippen LogP contribution in [0.5, 0.6) is 0 Å². The van der Waals surface area contributed by atoms with Gasteiger partial charge in [0.2, 0.25) is 0 Å². The van der Waals surface area contributed by atoms with Crippen LogP contribution >= 0.6 is 0 Å². The fourth-order valence-electron chi connectivity index (χ4n) is 9.64. The number of aliphatic hydroxyl groups is 2. The van der Waals surface area contributed by atoms with Crippen molar-refractivity contribution >= 4 is 11.9 Å². The van der Waals surface area contributed by atoms with Crippen LogP contribution in [0, 0.1) is 0 Å². The van der Waals surface area contributed by atoms with Crippen molar-refractivity contribution in [1.82, 2.24) is 0 Å². The van der Waals surface area contributed by atoms with E-state index in [2.05, 4.69) is 41.8 Å². The number of carbonyl (C=O) groups excluding carboxylic acids is 2. The van der Waals surface area contributed by atoms with Crippen molar-refractivity contribution in [1.29, 1.82) is 0 Å². The summed E-state index contributed by atoms with van der Waals surface area (Å²) in [6.45, 7) is 8.79. The highest BCUT2D eigenvalue weighted by Crippen LogP contribution is 2.45. The smallest absolute Gasteiger partial charge is 0.316 e. The molecule has 10 atom stereocenters. The van der Waals surface area contributed by atoms with E-state index >= 15 is 0 Å². The summed E-state index contributed by atoms with van der Waals surface area (Å²) in [5.41, 5.74) is 1.65. The second-order valence-corrected chi connectivity index (χ2v) is 15.8. The maximum atomic E-state index is 12.6. The van der Waals surface area contributed by atoms with Crippen LogP contribution in [0.2, 0.25) is 0 Å². The Kier molecular flexibility index (Phi) is 15.6. The fourth-order valence-corrected chi connectivity index (χ4v) is 9.64. The van der Waals surface area contributed by atoms with E-state index < -0.39 is 11.8 Å². The van der Waals surface area contributed by atoms with Crippen molar-refractivity contribution in [3.05, 3.63) is 71.8 Å². The number of nitrogens with zero attached hydrogens (tertiary/aromatic N) is 2. The van der Waals surface area contributed by atoms with E-state index in [1.54, 1.807) is 0 Å². The molecule has 2 aromatic carbocycles. The number of benzene rings is 2. The van der Waals surface area contributed by atoms with Crippen LogP contribution in [-0.2, 0) is 19.1 Å². The van der Waals surface area contributed by atoms with Gasteiger partial charge in [-0.15, -0.1) is 0 Å². The third kappa shape index (κ3) is 8.69. The number of quaternary nitrogens is 2. The van der Waals surface area contributed by atoms with E-state index in [0.29, 0.717) is 36.3 Å². The Hall–Kier alpha value is -1.82. The molecule has 0 radical (unpaired) electrons. The molecule has 280 valence electrons. The van der Waals surface area contributed by atoms with Crippen LogP contribution in [0.3, 0.4) is 0 Å². The van der Waals surface area contributed by atoms with E-state index in [4.69, 9.17) is 9.47 Å². The number of hydrogen-bond acceptors (Lipinski definition) is 6. The van der Waals surface area contributed by atoms with Gasteiger partial charge in [-0.05, 0) is 38.8 Å². The molecular weight excluding hydrogens is 764 g/mol. The Morgan fingerprint density at radius 3 is 1.12 bits per heavy atom. The molecule has 4 aliphatic heterocycles. The zero-order chi connectivity index (χ0) is 34.6. The molecule has 4 heterocycles. The zero-order valence-electron chi connectivity index (χ0n) is 30.8. The number of fused-ring (bicyclic) bond motifs is 4. The summed E-state index contributed by atoms with van der Waals surface area (Å²) in [6.07, 6.45) is 8.72. The quantitative estimate of drug-likeness (QED) is 0.253. The summed E-state index contributed by atoms with van der Waals surface area (Å²) >= 11 is 0. The van der Waals surface area contributed by atoms with Gasteiger partial charge >= 0.3 is 11.9 Å². The molecule has 4 bridgehead atoms. The van der Waals surface area contributed by atoms with Gasteiger partial charge in [-0.2, -0.15) is 0 Å². The van der Waals surface area contributed by atoms with Crippen LogP contribution in [0.25, 0.3) is 0 Å². The minimum Gasteiger partial charge on any atom is -1.00 e. The SMILES string of the molecule is CC(C)[N+]1(C)[C@@H]2CC[C@H]1CC(OC(=O)C(CO)c1ccccc1)C2.CC(C)[N+]1(C)[C@@H]2CC[C@H]1CC(OC(=O)C(CO)c1ccccc1)C2.[Br-].[Br-]. The fraction of sp³-hybridized carbons (Fsp3) is 0.650. The Labute approximate surface area is 321 Å². The van der Waals surface area contributed by atoms with Gasteiger partial charge in [0, 0.05) is 51.4 Å². The first-order chi connectivity index (χ1) is 22.9. The van der Waals surface area contributed by atoms with Crippen LogP contribution in [-0.4, -0.2) is 107 Å². The summed E-state index contributed by atoms with van der Waals surface area (Å²) in [4.78, 5) is 25.2. The molecule has 10 heteroatoms. The van der Waals surface area contributed by atoms with Crippen LogP contribution < -0.4 is 34.0 Å². The summed E-state index contributed by atoms with van der Waals surface area (Å²) < 4.78 is 13.9. The molecule has 0 aromatic heterocycles. The minimum absolute atomic E-state index is 0. The Morgan fingerprint density at radius 1 is 0.600 bits per heavy atom. The normalized spacial score (nSPS) is 32.1. The highest BCUT2D eigenvalue weighted by molar-refractivity contribution is 5.79. The molecule has 2 N–H and O–H groups in total. The molecule has 0 amide bonds. The molecule has 8 nitrogen and oxygen atoms in total. The van der Waals surface area contributed by atoms with Crippen LogP contribution in [0.15, 0.2) is 60.7 Å². The number of hydrogen-bond donors (Lipinski definition) is 2. The lowest BCUT2D eigenvalue weighted by Crippen LogP contribution is -3.00. The zero-order valence-corrected chi connectivity index (χ0v) is 34.0. The van der Waals surface area contributed by atoms with Gasteiger partial charge in [-0.25, -0.2) is 0 Å². The maximum Gasteiger partial charge on any atom is 0.316 e. The average Bonchev–Trinajstić information content (AvgIpc) is 3.33. The first-order valence-corrected chi connectivity index (χ1v) is 18.4. The first-order valence-electron chi connectivity index (χ1n) is 18.4. The second kappa shape index (κ2) is 18.3. The van der Waals surface area contributed by atoms with Crippen molar-refractivity contribution in [2.75, 3.05) is 27.3 Å². The summed E-state index contributed by atoms with van der Waals surface area (Å²) in [5.74, 6) is -1.71. The lowest BCUT2D eigenvalue weighted by Gasteiger charge is -2.49. The third-order valence-corrected chi connectivity index (χ3v) is 13.1. The molecule has 0 spiro atoms. The molecule has 6 rings (SSSR count). The van der Waals surface area contributed by atoms with Crippen molar-refractivity contribution in [3.8, 4) is 0 Å². The highest BCUT2D eigenvalue weighted by atomic mass is 79.9. The van der Waals surface area contributed by atoms with Crippen LogP contribution in [0.1, 0.15) is 102 Å². The van der Waals surface area contributed by atoms with Gasteiger partial charge in [0.1, 0.15) is 24.0 Å². The average molecular weight is 825 g/mol. The van der Waals surface area contributed by atoms with Gasteiger partial charge in [0.25, 0.3) is 0 Å². The second-order valence-electron chi connectivity index (χ2n) is 15.8. The third-order valence-electron chi connectivity index (χ3n) is 13.1. The van der Waals surface area contributed by atoms with Crippen molar-refractivity contribution in [2.45, 2.75) is 139 Å². The van der Waals surface area contributed by atoms with E-state index in [1.807, 2.05) is 60.7 Å². The van der Waals surface area contributed by atoms with Crippen molar-refractivity contribution < 1.29 is 72.2 Å². The minimum atomic E-state index is -0.572. The molecule has 4 aliphatic rings. The number of halogens is 2. The monoisotopic (exact) mass is 822 g/mol. The lowest BCUT2D eigenvalue weighted by atomic mass is 9.94. The van der Waals surface area contributed by atoms with E-state index in [-0.39, 0.29) is 71.3 Å². The van der Waals surface area contributed by atoms with Gasteiger partial charge in [-0.1, -0.05) is 60.7 Å². The summed E-state index contributed by atoms with van der Waals surface area (Å²) in [6, 6.07) is 22.4. The van der Waals surface area contributed by atoms with E-state index in [1.165, 1.54) is 25.7 Å². The number of rotatable bonds is 10. The molecule has 2 aromatic rings. The van der Waals surface area contributed by atoms with Gasteiger partial charge in [0.05, 0.1) is 63.6 Å². The largest absolute Gasteiger partial charge is 1.00 e. The van der Waals surface area contributed by atoms with Crippen molar-refractivity contribution in [3.63, 3.8) is 0 Å².